The third-order valence-electron chi connectivity index (χ3n) is 4.21. The van der Waals surface area contributed by atoms with E-state index >= 15 is 0 Å². The Kier molecular flexibility index (Phi) is 8.89. The maximum atomic E-state index is 11.5. The van der Waals surface area contributed by atoms with Crippen LogP contribution in [0, 0.1) is 0 Å². The van der Waals surface area contributed by atoms with E-state index in [1.54, 1.807) is 26.0 Å². The molecule has 0 aliphatic carbocycles. The summed E-state index contributed by atoms with van der Waals surface area (Å²) in [6.45, 7) is 6.23. The Morgan fingerprint density at radius 1 is 1.27 bits per heavy atom. The Labute approximate surface area is 135 Å². The van der Waals surface area contributed by atoms with Crippen molar-refractivity contribution in [1.82, 2.24) is 20.4 Å². The van der Waals surface area contributed by atoms with Crippen LogP contribution in [0.4, 0.5) is 0 Å². The first kappa shape index (κ1) is 18.7. The lowest BCUT2D eigenvalue weighted by Gasteiger charge is -2.33. The fourth-order valence-electron chi connectivity index (χ4n) is 2.71. The molecule has 1 aliphatic heterocycles. The summed E-state index contributed by atoms with van der Waals surface area (Å²) >= 11 is 0. The van der Waals surface area contributed by atoms with Gasteiger partial charge in [0.25, 0.3) is 0 Å². The molecule has 128 valence electrons. The minimum atomic E-state index is 0.127. The lowest BCUT2D eigenvalue weighted by atomic mass is 10.0. The van der Waals surface area contributed by atoms with E-state index < -0.39 is 0 Å². The van der Waals surface area contributed by atoms with Gasteiger partial charge in [-0.25, -0.2) is 0 Å². The van der Waals surface area contributed by atoms with E-state index in [9.17, 15) is 4.79 Å². The van der Waals surface area contributed by atoms with E-state index in [0.29, 0.717) is 13.0 Å². The molecule has 1 atom stereocenters. The molecular weight excluding hydrogens is 278 g/mol. The summed E-state index contributed by atoms with van der Waals surface area (Å²) < 4.78 is 0. The maximum Gasteiger partial charge on any atom is 0.223 e. The van der Waals surface area contributed by atoms with Crippen molar-refractivity contribution >= 4 is 11.9 Å². The Bertz CT molecular complexity index is 356. The van der Waals surface area contributed by atoms with Gasteiger partial charge in [0.05, 0.1) is 0 Å². The highest BCUT2D eigenvalue weighted by molar-refractivity contribution is 5.81. The minimum absolute atomic E-state index is 0.127. The molecule has 6 heteroatoms. The minimum Gasteiger partial charge on any atom is -0.356 e. The zero-order chi connectivity index (χ0) is 16.4. The number of nitrogens with one attached hydrogen (secondary N) is 2. The van der Waals surface area contributed by atoms with E-state index in [1.165, 1.54) is 25.8 Å². The van der Waals surface area contributed by atoms with E-state index in [4.69, 9.17) is 0 Å². The molecule has 0 spiro atoms. The highest BCUT2D eigenvalue weighted by atomic mass is 16.2. The maximum absolute atomic E-state index is 11.5. The molecule has 6 nitrogen and oxygen atoms in total. The number of hydrogen-bond acceptors (Lipinski definition) is 3. The average molecular weight is 311 g/mol. The zero-order valence-corrected chi connectivity index (χ0v) is 14.7. The van der Waals surface area contributed by atoms with Crippen LogP contribution in [0.3, 0.4) is 0 Å². The fraction of sp³-hybridized carbons (Fsp3) is 0.875. The zero-order valence-electron chi connectivity index (χ0n) is 14.7. The van der Waals surface area contributed by atoms with Crippen molar-refractivity contribution in [1.29, 1.82) is 0 Å². The van der Waals surface area contributed by atoms with E-state index in [2.05, 4.69) is 27.4 Å². The summed E-state index contributed by atoms with van der Waals surface area (Å²) in [5.74, 6) is 0.903. The van der Waals surface area contributed by atoms with E-state index in [0.717, 1.165) is 31.5 Å². The van der Waals surface area contributed by atoms with Gasteiger partial charge in [0.15, 0.2) is 5.96 Å². The number of hydrogen-bond donors (Lipinski definition) is 2. The van der Waals surface area contributed by atoms with Crippen LogP contribution in [0.15, 0.2) is 4.99 Å². The molecule has 1 heterocycles. The van der Waals surface area contributed by atoms with Crippen LogP contribution in [0.1, 0.15) is 39.0 Å². The molecule has 1 saturated heterocycles. The van der Waals surface area contributed by atoms with E-state index in [1.807, 2.05) is 0 Å². The van der Waals surface area contributed by atoms with Crippen LogP contribution in [-0.2, 0) is 4.79 Å². The standard InChI is InChI=1S/C16H33N5O/c1-14-8-5-6-12-21(14)13-7-10-18-16(17-2)19-11-9-15(22)20(3)4/h14H,5-13H2,1-4H3,(H2,17,18,19). The second-order valence-electron chi connectivity index (χ2n) is 6.20. The Hall–Kier alpha value is -1.30. The number of piperidine rings is 1. The number of carbonyl (C=O) groups is 1. The molecular formula is C16H33N5O. The van der Waals surface area contributed by atoms with Gasteiger partial charge in [0.1, 0.15) is 0 Å². The molecule has 22 heavy (non-hydrogen) atoms. The van der Waals surface area contributed by atoms with Crippen molar-refractivity contribution in [2.24, 2.45) is 4.99 Å². The summed E-state index contributed by atoms with van der Waals surface area (Å²) in [7, 11) is 5.31. The van der Waals surface area contributed by atoms with Gasteiger partial charge in [-0.2, -0.15) is 0 Å². The van der Waals surface area contributed by atoms with Crippen molar-refractivity contribution in [2.75, 3.05) is 47.3 Å². The number of amides is 1. The first-order valence-electron chi connectivity index (χ1n) is 8.43. The predicted molar refractivity (Wildman–Crippen MR) is 92.2 cm³/mol. The lowest BCUT2D eigenvalue weighted by molar-refractivity contribution is -0.128. The van der Waals surface area contributed by atoms with Crippen LogP contribution >= 0.6 is 0 Å². The van der Waals surface area contributed by atoms with Gasteiger partial charge < -0.3 is 20.4 Å². The van der Waals surface area contributed by atoms with Crippen molar-refractivity contribution in [3.8, 4) is 0 Å². The Morgan fingerprint density at radius 2 is 2.00 bits per heavy atom. The summed E-state index contributed by atoms with van der Waals surface area (Å²) in [4.78, 5) is 19.9. The number of carbonyl (C=O) groups excluding carboxylic acids is 1. The Balaban J connectivity index is 2.12. The topological polar surface area (TPSA) is 60.0 Å². The van der Waals surface area contributed by atoms with E-state index in [-0.39, 0.29) is 5.91 Å². The molecule has 0 radical (unpaired) electrons. The van der Waals surface area contributed by atoms with Crippen molar-refractivity contribution in [2.45, 2.75) is 45.1 Å². The van der Waals surface area contributed by atoms with Gasteiger partial charge in [-0.15, -0.1) is 0 Å². The Morgan fingerprint density at radius 3 is 2.64 bits per heavy atom. The van der Waals surface area contributed by atoms with Crippen molar-refractivity contribution < 1.29 is 4.79 Å². The molecule has 0 saturated carbocycles. The number of aliphatic imine (C=N–C) groups is 1. The van der Waals surface area contributed by atoms with Crippen LogP contribution < -0.4 is 10.6 Å². The molecule has 1 aliphatic rings. The molecule has 1 fully saturated rings. The van der Waals surface area contributed by atoms with Crippen molar-refractivity contribution in [3.05, 3.63) is 0 Å². The highest BCUT2D eigenvalue weighted by Crippen LogP contribution is 2.15. The molecule has 0 aromatic carbocycles. The van der Waals surface area contributed by atoms with Gasteiger partial charge in [-0.1, -0.05) is 6.42 Å². The number of likely N-dealkylation sites (tertiary alicyclic amines) is 1. The van der Waals surface area contributed by atoms with Gasteiger partial charge >= 0.3 is 0 Å². The SMILES string of the molecule is CN=C(NCCCN1CCCCC1C)NCCC(=O)N(C)C. The summed E-state index contributed by atoms with van der Waals surface area (Å²) in [6, 6.07) is 0.725. The molecule has 1 unspecified atom stereocenters. The van der Waals surface area contributed by atoms with Gasteiger partial charge in [-0.05, 0) is 32.7 Å². The number of nitrogens with zero attached hydrogens (tertiary/aromatic N) is 3. The van der Waals surface area contributed by atoms with Crippen molar-refractivity contribution in [3.63, 3.8) is 0 Å². The highest BCUT2D eigenvalue weighted by Gasteiger charge is 2.17. The van der Waals surface area contributed by atoms with Gasteiger partial charge in [0, 0.05) is 53.2 Å². The predicted octanol–water partition coefficient (Wildman–Crippen LogP) is 0.894. The van der Waals surface area contributed by atoms with Crippen LogP contribution in [0.25, 0.3) is 0 Å². The normalized spacial score (nSPS) is 19.8. The molecule has 0 bridgehead atoms. The summed E-state index contributed by atoms with van der Waals surface area (Å²) in [5.41, 5.74) is 0. The average Bonchev–Trinajstić information content (AvgIpc) is 2.50. The smallest absolute Gasteiger partial charge is 0.223 e. The molecule has 0 aromatic heterocycles. The molecule has 0 aromatic rings. The third-order valence-corrected chi connectivity index (χ3v) is 4.21. The van der Waals surface area contributed by atoms with Crippen LogP contribution in [0.5, 0.6) is 0 Å². The first-order valence-corrected chi connectivity index (χ1v) is 8.43. The third kappa shape index (κ3) is 7.11. The molecule has 1 amide bonds. The summed E-state index contributed by atoms with van der Waals surface area (Å²) in [6.07, 6.45) is 5.64. The second-order valence-corrected chi connectivity index (χ2v) is 6.20. The van der Waals surface area contributed by atoms with Gasteiger partial charge in [-0.3, -0.25) is 9.79 Å². The monoisotopic (exact) mass is 311 g/mol. The largest absolute Gasteiger partial charge is 0.356 e. The summed E-state index contributed by atoms with van der Waals surface area (Å²) in [5, 5.41) is 6.49. The van der Waals surface area contributed by atoms with Gasteiger partial charge in [0.2, 0.25) is 5.91 Å². The second kappa shape index (κ2) is 10.4. The lowest BCUT2D eigenvalue weighted by Crippen LogP contribution is -2.42. The van der Waals surface area contributed by atoms with Crippen LogP contribution in [-0.4, -0.2) is 75.0 Å². The molecule has 1 rings (SSSR count). The molecule has 2 N–H and O–H groups in total. The quantitative estimate of drug-likeness (QED) is 0.416. The van der Waals surface area contributed by atoms with Crippen LogP contribution in [0.2, 0.25) is 0 Å². The first-order chi connectivity index (χ1) is 10.5. The fourth-order valence-corrected chi connectivity index (χ4v) is 2.71. The number of guanidine groups is 1. The number of rotatable bonds is 7.